The van der Waals surface area contributed by atoms with Gasteiger partial charge in [0.2, 0.25) is 0 Å². The van der Waals surface area contributed by atoms with Crippen molar-refractivity contribution in [3.63, 3.8) is 0 Å². The van der Waals surface area contributed by atoms with Crippen LogP contribution < -0.4 is 27.2 Å². The molecule has 33 heavy (non-hydrogen) atoms. The minimum absolute atomic E-state index is 0.0551. The zero-order chi connectivity index (χ0) is 24.3. The quantitative estimate of drug-likeness (QED) is 0.365. The lowest BCUT2D eigenvalue weighted by atomic mass is 10.1. The van der Waals surface area contributed by atoms with Crippen LogP contribution in [0.4, 0.5) is 22.9 Å². The molecule has 0 spiro atoms. The molecule has 0 radical (unpaired) electrons. The molecule has 11 heteroatoms. The summed E-state index contributed by atoms with van der Waals surface area (Å²) in [6.45, 7) is 6.15. The van der Waals surface area contributed by atoms with E-state index in [1.807, 2.05) is 20.8 Å². The normalized spacial score (nSPS) is 13.2. The maximum absolute atomic E-state index is 13.5. The summed E-state index contributed by atoms with van der Waals surface area (Å²) in [5.74, 6) is -0.641. The molecule has 0 bridgehead atoms. The summed E-state index contributed by atoms with van der Waals surface area (Å²) in [6, 6.07) is 4.41. The monoisotopic (exact) mass is 458 g/mol. The maximum atomic E-state index is 13.5. The van der Waals surface area contributed by atoms with Crippen LogP contribution in [0.1, 0.15) is 56.8 Å². The molecule has 4 N–H and O–H groups in total. The Morgan fingerprint density at radius 3 is 2.64 bits per heavy atom. The molecular weight excluding hydrogens is 428 g/mol. The van der Waals surface area contributed by atoms with Crippen LogP contribution in [-0.4, -0.2) is 33.0 Å². The van der Waals surface area contributed by atoms with E-state index >= 15 is 0 Å². The first-order chi connectivity index (χ1) is 15.6. The second kappa shape index (κ2) is 9.88. The number of carbonyl (C=O) groups is 1. The first-order valence-corrected chi connectivity index (χ1v) is 11.1. The van der Waals surface area contributed by atoms with E-state index in [0.717, 1.165) is 19.3 Å². The molecule has 1 heterocycles. The molecular formula is C22H30N6O5. The Bertz CT molecular complexity index is 1160. The number of nitro groups is 1. The van der Waals surface area contributed by atoms with Gasteiger partial charge in [0.05, 0.1) is 4.92 Å². The summed E-state index contributed by atoms with van der Waals surface area (Å²) < 4.78 is 1.23. The van der Waals surface area contributed by atoms with Crippen molar-refractivity contribution < 1.29 is 9.72 Å². The van der Waals surface area contributed by atoms with Gasteiger partial charge >= 0.3 is 5.69 Å². The van der Waals surface area contributed by atoms with Gasteiger partial charge in [-0.3, -0.25) is 29.3 Å². The summed E-state index contributed by atoms with van der Waals surface area (Å²) in [7, 11) is 0. The molecule has 1 amide bonds. The lowest BCUT2D eigenvalue weighted by Gasteiger charge is -2.25. The lowest BCUT2D eigenvalue weighted by molar-refractivity contribution is -0.384. The Morgan fingerprint density at radius 2 is 2.06 bits per heavy atom. The van der Waals surface area contributed by atoms with Crippen molar-refractivity contribution in [2.24, 2.45) is 5.92 Å². The van der Waals surface area contributed by atoms with Crippen LogP contribution in [0, 0.1) is 16.0 Å². The number of nitrogens with two attached hydrogens (primary N) is 1. The van der Waals surface area contributed by atoms with Gasteiger partial charge in [0.15, 0.2) is 5.69 Å². The fraction of sp³-hybridized carbons (Fsp3) is 0.500. The number of hydrogen-bond donors (Lipinski definition) is 3. The molecule has 2 aromatic rings. The molecule has 1 fully saturated rings. The van der Waals surface area contributed by atoms with Gasteiger partial charge < -0.3 is 16.0 Å². The van der Waals surface area contributed by atoms with E-state index in [1.165, 1.54) is 27.7 Å². The number of aromatic amines is 1. The average Bonchev–Trinajstić information content (AvgIpc) is 3.57. The molecule has 11 nitrogen and oxygen atoms in total. The molecule has 1 aliphatic rings. The highest BCUT2D eigenvalue weighted by Gasteiger charge is 2.29. The third-order valence-electron chi connectivity index (χ3n) is 5.39. The van der Waals surface area contributed by atoms with E-state index in [4.69, 9.17) is 5.73 Å². The Labute approximate surface area is 190 Å². The zero-order valence-corrected chi connectivity index (χ0v) is 19.1. The van der Waals surface area contributed by atoms with Crippen molar-refractivity contribution in [1.82, 2.24) is 9.55 Å². The standard InChI is InChI=1S/C22H30N6O5/c1-4-5-10-26(18-19(23)27(12-13(2)3)22(31)25-20(18)29)21(30)14-6-9-16(24-15-7-8-15)17(11-14)28(32)33/h6,9,11,13,15,24H,4-5,7-8,10,12,23H2,1-3H3,(H,25,29,31). The smallest absolute Gasteiger partial charge is 0.330 e. The predicted molar refractivity (Wildman–Crippen MR) is 127 cm³/mol. The van der Waals surface area contributed by atoms with Gasteiger partial charge in [-0.1, -0.05) is 27.2 Å². The van der Waals surface area contributed by atoms with Crippen molar-refractivity contribution in [3.8, 4) is 0 Å². The van der Waals surface area contributed by atoms with Crippen LogP contribution in [-0.2, 0) is 6.54 Å². The van der Waals surface area contributed by atoms with Crippen LogP contribution in [0.2, 0.25) is 0 Å². The SMILES string of the molecule is CCCCN(C(=O)c1ccc(NC2CC2)c([N+](=O)[O-])c1)c1c(N)n(CC(C)C)c(=O)[nH]c1=O. The number of nitrogens with zero attached hydrogens (tertiary/aromatic N) is 3. The van der Waals surface area contributed by atoms with Crippen molar-refractivity contribution >= 4 is 28.8 Å². The fourth-order valence-corrected chi connectivity index (χ4v) is 3.56. The highest BCUT2D eigenvalue weighted by Crippen LogP contribution is 2.32. The zero-order valence-electron chi connectivity index (χ0n) is 19.1. The first-order valence-electron chi connectivity index (χ1n) is 11.1. The highest BCUT2D eigenvalue weighted by atomic mass is 16.6. The van der Waals surface area contributed by atoms with Gasteiger partial charge in [-0.25, -0.2) is 4.79 Å². The van der Waals surface area contributed by atoms with Gasteiger partial charge in [-0.05, 0) is 37.3 Å². The third kappa shape index (κ3) is 5.41. The number of nitrogens with one attached hydrogen (secondary N) is 2. The van der Waals surface area contributed by atoms with Gasteiger partial charge in [0.1, 0.15) is 11.5 Å². The first kappa shape index (κ1) is 24.0. The van der Waals surface area contributed by atoms with Crippen LogP contribution in [0.15, 0.2) is 27.8 Å². The molecule has 0 aliphatic heterocycles. The van der Waals surface area contributed by atoms with Gasteiger partial charge in [0.25, 0.3) is 17.2 Å². The number of carbonyl (C=O) groups excluding carboxylic acids is 1. The van der Waals surface area contributed by atoms with Crippen LogP contribution in [0.5, 0.6) is 0 Å². The molecule has 178 valence electrons. The largest absolute Gasteiger partial charge is 0.383 e. The summed E-state index contributed by atoms with van der Waals surface area (Å²) in [5, 5.41) is 14.7. The van der Waals surface area contributed by atoms with E-state index in [1.54, 1.807) is 0 Å². The summed E-state index contributed by atoms with van der Waals surface area (Å²) in [5.41, 5.74) is 4.86. The van der Waals surface area contributed by atoms with Crippen LogP contribution in [0.25, 0.3) is 0 Å². The van der Waals surface area contributed by atoms with Crippen molar-refractivity contribution in [1.29, 1.82) is 0 Å². The fourth-order valence-electron chi connectivity index (χ4n) is 3.56. The molecule has 0 saturated heterocycles. The third-order valence-corrected chi connectivity index (χ3v) is 5.39. The van der Waals surface area contributed by atoms with Crippen molar-refractivity contribution in [3.05, 3.63) is 54.7 Å². The topological polar surface area (TPSA) is 156 Å². The Morgan fingerprint density at radius 1 is 1.36 bits per heavy atom. The Hall–Kier alpha value is -3.63. The van der Waals surface area contributed by atoms with Gasteiger partial charge in [-0.15, -0.1) is 0 Å². The van der Waals surface area contributed by atoms with Crippen LogP contribution in [0.3, 0.4) is 0 Å². The number of benzene rings is 1. The van der Waals surface area contributed by atoms with E-state index in [0.29, 0.717) is 12.1 Å². The number of nitrogen functional groups attached to an aromatic ring is 1. The predicted octanol–water partition coefficient (Wildman–Crippen LogP) is 2.70. The number of nitro benzene ring substituents is 1. The maximum Gasteiger partial charge on any atom is 0.330 e. The number of hydrogen-bond acceptors (Lipinski definition) is 7. The molecule has 1 saturated carbocycles. The van der Waals surface area contributed by atoms with Gasteiger partial charge in [0, 0.05) is 30.8 Å². The minimum Gasteiger partial charge on any atom is -0.383 e. The number of rotatable bonds is 10. The van der Waals surface area contributed by atoms with E-state index in [-0.39, 0.29) is 47.8 Å². The van der Waals surface area contributed by atoms with Crippen LogP contribution >= 0.6 is 0 Å². The number of H-pyrrole nitrogens is 1. The number of aromatic nitrogens is 2. The number of unbranched alkanes of at least 4 members (excludes halogenated alkanes) is 1. The molecule has 1 aliphatic carbocycles. The minimum atomic E-state index is -0.775. The number of anilines is 3. The molecule has 0 unspecified atom stereocenters. The molecule has 1 aromatic carbocycles. The van der Waals surface area contributed by atoms with Gasteiger partial charge in [-0.2, -0.15) is 0 Å². The van der Waals surface area contributed by atoms with E-state index < -0.39 is 22.1 Å². The Kier molecular flexibility index (Phi) is 7.19. The van der Waals surface area contributed by atoms with E-state index in [9.17, 15) is 24.5 Å². The molecule has 1 aromatic heterocycles. The molecule has 3 rings (SSSR count). The second-order valence-corrected chi connectivity index (χ2v) is 8.72. The van der Waals surface area contributed by atoms with Crippen molar-refractivity contribution in [2.45, 2.75) is 59.0 Å². The summed E-state index contributed by atoms with van der Waals surface area (Å²) in [6.07, 6.45) is 3.18. The summed E-state index contributed by atoms with van der Waals surface area (Å²) >= 11 is 0. The van der Waals surface area contributed by atoms with E-state index in [2.05, 4.69) is 10.3 Å². The van der Waals surface area contributed by atoms with Crippen molar-refractivity contribution in [2.75, 3.05) is 22.5 Å². The second-order valence-electron chi connectivity index (χ2n) is 8.72. The molecule has 0 atom stereocenters. The number of amides is 1. The Balaban J connectivity index is 2.08. The summed E-state index contributed by atoms with van der Waals surface area (Å²) in [4.78, 5) is 53.1. The average molecular weight is 459 g/mol. The highest BCUT2D eigenvalue weighted by molar-refractivity contribution is 6.08. The lowest BCUT2D eigenvalue weighted by Crippen LogP contribution is -2.42.